The number of hydrogen-bond acceptors (Lipinski definition) is 4. The Kier molecular flexibility index (Phi) is 5.42. The molecule has 1 N–H and O–H groups in total. The molecule has 29 heavy (non-hydrogen) atoms. The van der Waals surface area contributed by atoms with Crippen LogP contribution in [0.25, 0.3) is 0 Å². The Hall–Kier alpha value is -2.28. The lowest BCUT2D eigenvalue weighted by Crippen LogP contribution is -2.42. The van der Waals surface area contributed by atoms with E-state index in [4.69, 9.17) is 0 Å². The minimum atomic E-state index is -1.86. The van der Waals surface area contributed by atoms with Crippen LogP contribution in [0.15, 0.2) is 65.1 Å². The number of benzene rings is 2. The molecule has 0 unspecified atom stereocenters. The van der Waals surface area contributed by atoms with Crippen molar-refractivity contribution in [3.8, 4) is 0 Å². The van der Waals surface area contributed by atoms with Crippen molar-refractivity contribution in [2.45, 2.75) is 25.4 Å². The molecule has 6 heteroatoms. The molecule has 0 radical (unpaired) electrons. The highest BCUT2D eigenvalue weighted by atomic mass is 79.9. The van der Waals surface area contributed by atoms with Crippen LogP contribution in [0.1, 0.15) is 32.1 Å². The van der Waals surface area contributed by atoms with Crippen LogP contribution in [0.5, 0.6) is 0 Å². The standard InChI is InChI=1S/C23H20BrNO3S/c1-15-7-10-21(29-15)20(26)14-23(28)18-13-17(24)8-9-19(18)25(22(23)27)12-11-16-5-3-2-4-6-16/h2-10,13,28H,11-12,14H2,1H3/t23-/m1/s1. The second-order valence-corrected chi connectivity index (χ2v) is 9.43. The lowest BCUT2D eigenvalue weighted by molar-refractivity contribution is -0.135. The summed E-state index contributed by atoms with van der Waals surface area (Å²) in [7, 11) is 0. The molecule has 2 heterocycles. The maximum atomic E-state index is 13.3. The summed E-state index contributed by atoms with van der Waals surface area (Å²) in [5.41, 5.74) is 0.392. The van der Waals surface area contributed by atoms with Gasteiger partial charge in [-0.2, -0.15) is 0 Å². The summed E-state index contributed by atoms with van der Waals surface area (Å²) in [6, 6.07) is 18.9. The lowest BCUT2D eigenvalue weighted by atomic mass is 9.89. The molecular weight excluding hydrogens is 450 g/mol. The van der Waals surface area contributed by atoms with Gasteiger partial charge in [-0.25, -0.2) is 0 Å². The molecule has 4 nitrogen and oxygen atoms in total. The molecule has 1 atom stereocenters. The van der Waals surface area contributed by atoms with Crippen LogP contribution in [0.3, 0.4) is 0 Å². The Labute approximate surface area is 181 Å². The third kappa shape index (κ3) is 3.80. The molecule has 1 aromatic heterocycles. The maximum absolute atomic E-state index is 13.3. The van der Waals surface area contributed by atoms with E-state index in [9.17, 15) is 14.7 Å². The van der Waals surface area contributed by atoms with E-state index in [0.717, 1.165) is 14.9 Å². The van der Waals surface area contributed by atoms with Crippen LogP contribution in [0, 0.1) is 6.92 Å². The SMILES string of the molecule is Cc1ccc(C(=O)C[C@]2(O)C(=O)N(CCc3ccccc3)c3ccc(Br)cc32)s1. The predicted molar refractivity (Wildman–Crippen MR) is 119 cm³/mol. The quantitative estimate of drug-likeness (QED) is 0.523. The molecule has 1 aliphatic heterocycles. The normalized spacial score (nSPS) is 18.2. The van der Waals surface area contributed by atoms with Gasteiger partial charge in [0.2, 0.25) is 0 Å². The number of nitrogens with zero attached hydrogens (tertiary/aromatic N) is 1. The summed E-state index contributed by atoms with van der Waals surface area (Å²) in [5.74, 6) is -0.669. The number of hydrogen-bond donors (Lipinski definition) is 1. The number of carbonyl (C=O) groups excluding carboxylic acids is 2. The molecule has 0 aliphatic carbocycles. The second kappa shape index (κ2) is 7.86. The van der Waals surface area contributed by atoms with Crippen molar-refractivity contribution in [3.63, 3.8) is 0 Å². The van der Waals surface area contributed by atoms with Gasteiger partial charge in [0, 0.05) is 21.5 Å². The predicted octanol–water partition coefficient (Wildman–Crippen LogP) is 4.87. The van der Waals surface area contributed by atoms with Gasteiger partial charge in [-0.05, 0) is 49.2 Å². The third-order valence-corrected chi connectivity index (χ3v) is 6.73. The number of thiophene rings is 1. The molecular formula is C23H20BrNO3S. The average Bonchev–Trinajstić information content (AvgIpc) is 3.23. The molecule has 2 aromatic carbocycles. The van der Waals surface area contributed by atoms with Crippen LogP contribution < -0.4 is 4.90 Å². The van der Waals surface area contributed by atoms with Gasteiger partial charge in [-0.1, -0.05) is 46.3 Å². The second-order valence-electron chi connectivity index (χ2n) is 7.22. The Morgan fingerprint density at radius 2 is 1.90 bits per heavy atom. The minimum absolute atomic E-state index is 0.227. The molecule has 0 saturated heterocycles. The number of aliphatic hydroxyl groups is 1. The van der Waals surface area contributed by atoms with Gasteiger partial charge in [-0.15, -0.1) is 11.3 Å². The zero-order valence-corrected chi connectivity index (χ0v) is 18.3. The number of amides is 1. The van der Waals surface area contributed by atoms with Crippen molar-refractivity contribution < 1.29 is 14.7 Å². The molecule has 148 valence electrons. The number of halogens is 1. The van der Waals surface area contributed by atoms with E-state index >= 15 is 0 Å². The Balaban J connectivity index is 1.65. The molecule has 1 amide bonds. The van der Waals surface area contributed by atoms with E-state index in [1.165, 1.54) is 11.3 Å². The molecule has 0 saturated carbocycles. The summed E-state index contributed by atoms with van der Waals surface area (Å²) in [5, 5.41) is 11.4. The Bertz CT molecular complexity index is 1080. The first-order valence-corrected chi connectivity index (χ1v) is 11.0. The van der Waals surface area contributed by atoms with Crippen LogP contribution in [-0.4, -0.2) is 23.3 Å². The van der Waals surface area contributed by atoms with E-state index in [1.54, 1.807) is 17.0 Å². The van der Waals surface area contributed by atoms with Crippen LogP contribution in [-0.2, 0) is 16.8 Å². The first kappa shape index (κ1) is 20.0. The number of fused-ring (bicyclic) bond motifs is 1. The molecule has 4 rings (SSSR count). The van der Waals surface area contributed by atoms with Gasteiger partial charge < -0.3 is 10.0 Å². The van der Waals surface area contributed by atoms with Crippen LogP contribution in [0.4, 0.5) is 5.69 Å². The third-order valence-electron chi connectivity index (χ3n) is 5.19. The van der Waals surface area contributed by atoms with Crippen molar-refractivity contribution in [2.24, 2.45) is 0 Å². The van der Waals surface area contributed by atoms with Crippen molar-refractivity contribution in [2.75, 3.05) is 11.4 Å². The van der Waals surface area contributed by atoms with Gasteiger partial charge in [0.25, 0.3) is 5.91 Å². The molecule has 0 bridgehead atoms. The largest absolute Gasteiger partial charge is 0.375 e. The van der Waals surface area contributed by atoms with Crippen molar-refractivity contribution in [1.82, 2.24) is 0 Å². The fraction of sp³-hybridized carbons (Fsp3) is 0.217. The number of carbonyl (C=O) groups is 2. The van der Waals surface area contributed by atoms with Gasteiger partial charge in [-0.3, -0.25) is 9.59 Å². The first-order chi connectivity index (χ1) is 13.9. The van der Waals surface area contributed by atoms with E-state index in [-0.39, 0.29) is 12.2 Å². The molecule has 3 aromatic rings. The molecule has 1 aliphatic rings. The highest BCUT2D eigenvalue weighted by Crippen LogP contribution is 2.44. The van der Waals surface area contributed by atoms with Gasteiger partial charge in [0.1, 0.15) is 0 Å². The topological polar surface area (TPSA) is 57.6 Å². The van der Waals surface area contributed by atoms with E-state index in [2.05, 4.69) is 15.9 Å². The van der Waals surface area contributed by atoms with E-state index in [0.29, 0.717) is 29.1 Å². The summed E-state index contributed by atoms with van der Waals surface area (Å²) in [4.78, 5) is 29.3. The Morgan fingerprint density at radius 3 is 2.59 bits per heavy atom. The summed E-state index contributed by atoms with van der Waals surface area (Å²) >= 11 is 4.80. The number of ketones is 1. The van der Waals surface area contributed by atoms with Gasteiger partial charge in [0.05, 0.1) is 17.0 Å². The first-order valence-electron chi connectivity index (χ1n) is 9.36. The highest BCUT2D eigenvalue weighted by Gasteiger charge is 2.51. The van der Waals surface area contributed by atoms with E-state index < -0.39 is 11.5 Å². The zero-order chi connectivity index (χ0) is 20.6. The van der Waals surface area contributed by atoms with Gasteiger partial charge >= 0.3 is 0 Å². The van der Waals surface area contributed by atoms with Crippen molar-refractivity contribution >= 4 is 44.6 Å². The number of anilines is 1. The average molecular weight is 470 g/mol. The summed E-state index contributed by atoms with van der Waals surface area (Å²) in [6.45, 7) is 2.36. The number of Topliss-reactive ketones (excluding diaryl/α,β-unsaturated/α-hetero) is 1. The van der Waals surface area contributed by atoms with Crippen molar-refractivity contribution in [1.29, 1.82) is 0 Å². The van der Waals surface area contributed by atoms with Crippen LogP contribution >= 0.6 is 27.3 Å². The minimum Gasteiger partial charge on any atom is -0.375 e. The fourth-order valence-corrected chi connectivity index (χ4v) is 4.87. The monoisotopic (exact) mass is 469 g/mol. The summed E-state index contributed by atoms with van der Waals surface area (Å²) < 4.78 is 0.756. The Morgan fingerprint density at radius 1 is 1.14 bits per heavy atom. The van der Waals surface area contributed by atoms with Crippen LogP contribution in [0.2, 0.25) is 0 Å². The van der Waals surface area contributed by atoms with E-state index in [1.807, 2.05) is 55.5 Å². The van der Waals surface area contributed by atoms with Gasteiger partial charge in [0.15, 0.2) is 11.4 Å². The smallest absolute Gasteiger partial charge is 0.264 e. The lowest BCUT2D eigenvalue weighted by Gasteiger charge is -2.22. The number of aryl methyl sites for hydroxylation is 1. The molecule has 0 fully saturated rings. The summed E-state index contributed by atoms with van der Waals surface area (Å²) in [6.07, 6.45) is 0.396. The number of rotatable bonds is 6. The fourth-order valence-electron chi connectivity index (χ4n) is 3.71. The highest BCUT2D eigenvalue weighted by molar-refractivity contribution is 9.10. The maximum Gasteiger partial charge on any atom is 0.264 e. The van der Waals surface area contributed by atoms with Crippen molar-refractivity contribution in [3.05, 3.63) is 86.0 Å². The molecule has 0 spiro atoms. The zero-order valence-electron chi connectivity index (χ0n) is 15.9.